The minimum absolute atomic E-state index is 0.480. The molecule has 1 aliphatic rings. The lowest BCUT2D eigenvalue weighted by Gasteiger charge is -2.34. The molecule has 53 heavy (non-hydrogen) atoms. The second-order valence-corrected chi connectivity index (χ2v) is 15.6. The third-order valence-corrected chi connectivity index (χ3v) is 12.5. The van der Waals surface area contributed by atoms with Gasteiger partial charge in [0.15, 0.2) is 0 Å². The van der Waals surface area contributed by atoms with Gasteiger partial charge < -0.3 is 0 Å². The van der Waals surface area contributed by atoms with Crippen molar-refractivity contribution in [3.8, 4) is 11.1 Å². The van der Waals surface area contributed by atoms with E-state index in [2.05, 4.69) is 196 Å². The molecule has 10 rings (SSSR count). The summed E-state index contributed by atoms with van der Waals surface area (Å²) in [4.78, 5) is 0. The zero-order valence-corrected chi connectivity index (χ0v) is 30.8. The van der Waals surface area contributed by atoms with Crippen LogP contribution in [-0.2, 0) is 11.8 Å². The predicted octanol–water partition coefficient (Wildman–Crippen LogP) is 14.0. The van der Waals surface area contributed by atoms with Crippen molar-refractivity contribution in [2.24, 2.45) is 0 Å². The van der Waals surface area contributed by atoms with Crippen LogP contribution >= 0.6 is 11.3 Å². The summed E-state index contributed by atoms with van der Waals surface area (Å²) in [6, 6.07) is 65.8. The molecule has 1 heterocycles. The van der Waals surface area contributed by atoms with E-state index in [0.29, 0.717) is 0 Å². The lowest BCUT2D eigenvalue weighted by atomic mass is 9.67. The summed E-state index contributed by atoms with van der Waals surface area (Å²) in [5.74, 6) is 0. The highest BCUT2D eigenvalue weighted by atomic mass is 32.1. The van der Waals surface area contributed by atoms with E-state index >= 15 is 0 Å². The van der Waals surface area contributed by atoms with E-state index in [4.69, 9.17) is 0 Å². The SMILES string of the molecule is Cc1ccc(C/C(=C/c2ccc3c(c2)C(c2ccccc2)(c2ccccc2)c2cc(C)c4ccccc4c2-3)c2cccc3sc4ccccc4c23)cc1. The maximum absolute atomic E-state index is 2.50. The summed E-state index contributed by atoms with van der Waals surface area (Å²) >= 11 is 1.89. The van der Waals surface area contributed by atoms with Crippen LogP contribution in [0.25, 0.3) is 53.7 Å². The highest BCUT2D eigenvalue weighted by Gasteiger charge is 2.47. The quantitative estimate of drug-likeness (QED) is 0.152. The summed E-state index contributed by atoms with van der Waals surface area (Å²) in [7, 11) is 0. The Kier molecular flexibility index (Phi) is 7.53. The van der Waals surface area contributed by atoms with Crippen LogP contribution in [0.1, 0.15) is 50.1 Å². The average Bonchev–Trinajstić information content (AvgIpc) is 3.73. The molecule has 0 unspecified atom stereocenters. The molecular weight excluding hydrogens is 657 g/mol. The summed E-state index contributed by atoms with van der Waals surface area (Å²) in [5.41, 5.74) is 15.2. The first-order valence-corrected chi connectivity index (χ1v) is 19.4. The number of fused-ring (bicyclic) bond motifs is 8. The molecule has 0 bridgehead atoms. The maximum Gasteiger partial charge on any atom is 0.0714 e. The number of aryl methyl sites for hydroxylation is 2. The Morgan fingerprint density at radius 3 is 1.92 bits per heavy atom. The number of thiophene rings is 1. The van der Waals surface area contributed by atoms with Crippen LogP contribution in [0.4, 0.5) is 0 Å². The van der Waals surface area contributed by atoms with Gasteiger partial charge in [0.25, 0.3) is 0 Å². The third kappa shape index (κ3) is 5.03. The molecule has 0 saturated carbocycles. The van der Waals surface area contributed by atoms with E-state index in [1.807, 2.05) is 11.3 Å². The van der Waals surface area contributed by atoms with Gasteiger partial charge in [0, 0.05) is 20.2 Å². The van der Waals surface area contributed by atoms with Gasteiger partial charge in [-0.15, -0.1) is 11.3 Å². The summed E-state index contributed by atoms with van der Waals surface area (Å²) < 4.78 is 2.66. The molecule has 1 heteroatoms. The van der Waals surface area contributed by atoms with Crippen molar-refractivity contribution in [3.63, 3.8) is 0 Å². The van der Waals surface area contributed by atoms with E-state index in [-0.39, 0.29) is 0 Å². The van der Waals surface area contributed by atoms with Crippen LogP contribution in [-0.4, -0.2) is 0 Å². The van der Waals surface area contributed by atoms with Gasteiger partial charge in [0.2, 0.25) is 0 Å². The number of rotatable bonds is 6. The average molecular weight is 695 g/mol. The van der Waals surface area contributed by atoms with E-state index in [9.17, 15) is 0 Å². The molecule has 252 valence electrons. The van der Waals surface area contributed by atoms with E-state index in [1.165, 1.54) is 97.7 Å². The van der Waals surface area contributed by atoms with Crippen LogP contribution in [0, 0.1) is 13.8 Å². The van der Waals surface area contributed by atoms with Gasteiger partial charge in [-0.1, -0.05) is 169 Å². The number of benzene rings is 8. The molecule has 8 aromatic carbocycles. The van der Waals surface area contributed by atoms with Crippen molar-refractivity contribution in [1.82, 2.24) is 0 Å². The molecule has 0 aliphatic heterocycles. The minimum atomic E-state index is -0.480. The standard InChI is InChI=1S/C52H38S/c1-34-24-26-36(27-25-34)31-38(42-21-13-23-49-51(42)45-20-11-12-22-48(45)53-49)32-37-28-29-44-46(33-37)52(39-14-5-3-6-15-39,40-16-7-4-8-17-40)47-30-35(2)41-18-9-10-19-43(41)50(44)47/h3-30,32-33H,31H2,1-2H3/b38-32-. The lowest BCUT2D eigenvalue weighted by molar-refractivity contribution is 0.768. The predicted molar refractivity (Wildman–Crippen MR) is 228 cm³/mol. The van der Waals surface area contributed by atoms with E-state index in [1.54, 1.807) is 0 Å². The molecule has 9 aromatic rings. The second-order valence-electron chi connectivity index (χ2n) is 14.6. The molecule has 0 N–H and O–H groups in total. The lowest BCUT2D eigenvalue weighted by Crippen LogP contribution is -2.28. The van der Waals surface area contributed by atoms with Crippen molar-refractivity contribution < 1.29 is 0 Å². The van der Waals surface area contributed by atoms with Crippen molar-refractivity contribution in [2.75, 3.05) is 0 Å². The fraction of sp³-hybridized carbons (Fsp3) is 0.0769. The van der Waals surface area contributed by atoms with Crippen LogP contribution in [0.15, 0.2) is 176 Å². The van der Waals surface area contributed by atoms with Gasteiger partial charge in [-0.2, -0.15) is 0 Å². The summed E-state index contributed by atoms with van der Waals surface area (Å²) in [5, 5.41) is 5.31. The van der Waals surface area contributed by atoms with Crippen molar-refractivity contribution in [2.45, 2.75) is 25.7 Å². The zero-order valence-electron chi connectivity index (χ0n) is 29.9. The largest absolute Gasteiger partial charge is 0.135 e. The molecular formula is C52H38S. The number of hydrogen-bond donors (Lipinski definition) is 0. The Morgan fingerprint density at radius 1 is 0.547 bits per heavy atom. The second kappa shape index (κ2) is 12.6. The van der Waals surface area contributed by atoms with E-state index < -0.39 is 5.41 Å². The van der Waals surface area contributed by atoms with E-state index in [0.717, 1.165) is 6.42 Å². The Hall–Kier alpha value is -6.02. The molecule has 0 nitrogen and oxygen atoms in total. The van der Waals surface area contributed by atoms with Crippen LogP contribution in [0.5, 0.6) is 0 Å². The van der Waals surface area contributed by atoms with Crippen LogP contribution in [0.2, 0.25) is 0 Å². The monoisotopic (exact) mass is 694 g/mol. The first-order valence-electron chi connectivity index (χ1n) is 18.5. The topological polar surface area (TPSA) is 0 Å². The van der Waals surface area contributed by atoms with Crippen LogP contribution < -0.4 is 0 Å². The molecule has 0 atom stereocenters. The molecule has 1 aromatic heterocycles. The smallest absolute Gasteiger partial charge is 0.0714 e. The first-order chi connectivity index (χ1) is 26.1. The molecule has 0 saturated heterocycles. The Labute approximate surface area is 315 Å². The third-order valence-electron chi connectivity index (χ3n) is 11.4. The fourth-order valence-electron chi connectivity index (χ4n) is 9.03. The Morgan fingerprint density at radius 2 is 1.19 bits per heavy atom. The van der Waals surface area contributed by atoms with Crippen molar-refractivity contribution >= 4 is 53.9 Å². The fourth-order valence-corrected chi connectivity index (χ4v) is 10.2. The van der Waals surface area contributed by atoms with Gasteiger partial charge >= 0.3 is 0 Å². The van der Waals surface area contributed by atoms with Gasteiger partial charge in [0.05, 0.1) is 5.41 Å². The normalized spacial score (nSPS) is 13.4. The zero-order chi connectivity index (χ0) is 35.5. The molecule has 0 amide bonds. The molecule has 0 spiro atoms. The number of allylic oxidation sites excluding steroid dienone is 1. The van der Waals surface area contributed by atoms with Gasteiger partial charge in [-0.25, -0.2) is 0 Å². The van der Waals surface area contributed by atoms with Crippen molar-refractivity contribution in [1.29, 1.82) is 0 Å². The van der Waals surface area contributed by atoms with Crippen LogP contribution in [0.3, 0.4) is 0 Å². The molecule has 1 aliphatic carbocycles. The minimum Gasteiger partial charge on any atom is -0.135 e. The first kappa shape index (κ1) is 31.7. The van der Waals surface area contributed by atoms with Gasteiger partial charge in [0.1, 0.15) is 0 Å². The molecule has 0 radical (unpaired) electrons. The Bertz CT molecular complexity index is 2810. The van der Waals surface area contributed by atoms with Gasteiger partial charge in [-0.05, 0) is 110 Å². The number of hydrogen-bond acceptors (Lipinski definition) is 1. The van der Waals surface area contributed by atoms with Gasteiger partial charge in [-0.3, -0.25) is 0 Å². The molecule has 0 fully saturated rings. The summed E-state index contributed by atoms with van der Waals surface area (Å²) in [6.45, 7) is 4.43. The van der Waals surface area contributed by atoms with Crippen molar-refractivity contribution in [3.05, 3.63) is 226 Å². The maximum atomic E-state index is 2.50. The Balaban J connectivity index is 1.27. The summed E-state index contributed by atoms with van der Waals surface area (Å²) in [6.07, 6.45) is 3.31. The highest BCUT2D eigenvalue weighted by molar-refractivity contribution is 7.25. The highest BCUT2D eigenvalue weighted by Crippen LogP contribution is 2.58.